The van der Waals surface area contributed by atoms with Crippen LogP contribution in [0.2, 0.25) is 0 Å². The lowest BCUT2D eigenvalue weighted by atomic mass is 9.89. The number of nitrogens with zero attached hydrogens (tertiary/aromatic N) is 1. The summed E-state index contributed by atoms with van der Waals surface area (Å²) in [6, 6.07) is -8.69. The number of aliphatic hydroxyl groups excluding tert-OH is 1. The number of carbonyl (C=O) groups excluding carboxylic acids is 11. The van der Waals surface area contributed by atoms with E-state index in [1.54, 1.807) is 27.7 Å². The van der Waals surface area contributed by atoms with Crippen molar-refractivity contribution in [1.82, 2.24) is 47.4 Å². The van der Waals surface area contributed by atoms with Gasteiger partial charge in [0, 0.05) is 31.3 Å². The number of rotatable bonds is 26. The topological polar surface area (TPSA) is 386 Å². The number of hydrogen-bond acceptors (Lipinski definition) is 13. The van der Waals surface area contributed by atoms with Crippen LogP contribution in [0, 0.1) is 48.9 Å². The van der Waals surface area contributed by atoms with Crippen molar-refractivity contribution in [1.29, 1.82) is 0 Å². The highest BCUT2D eigenvalue weighted by atomic mass is 16.3. The molecular formula is C45H71N12O12. The molecule has 1 saturated heterocycles. The number of amides is 11. The molecule has 1 aliphatic heterocycles. The van der Waals surface area contributed by atoms with E-state index >= 15 is 0 Å². The van der Waals surface area contributed by atoms with Gasteiger partial charge in [0.1, 0.15) is 42.3 Å². The summed E-state index contributed by atoms with van der Waals surface area (Å²) in [6.07, 6.45) is 5.51. The Bertz CT molecular complexity index is 1900. The zero-order chi connectivity index (χ0) is 51.9. The van der Waals surface area contributed by atoms with Crippen molar-refractivity contribution in [2.45, 2.75) is 148 Å². The Balaban J connectivity index is 1.54. The zero-order valence-corrected chi connectivity index (χ0v) is 40.3. The van der Waals surface area contributed by atoms with Crippen LogP contribution in [-0.2, 0) is 52.7 Å². The van der Waals surface area contributed by atoms with E-state index in [-0.39, 0.29) is 31.2 Å². The predicted molar refractivity (Wildman–Crippen MR) is 247 cm³/mol. The molecule has 15 N–H and O–H groups in total. The summed E-state index contributed by atoms with van der Waals surface area (Å²) in [6.45, 7) is 9.80. The molecule has 0 bridgehead atoms. The van der Waals surface area contributed by atoms with E-state index in [4.69, 9.17) is 17.2 Å². The Kier molecular flexibility index (Phi) is 22.2. The zero-order valence-electron chi connectivity index (χ0n) is 40.3. The van der Waals surface area contributed by atoms with Gasteiger partial charge in [-0.05, 0) is 89.4 Å². The molecule has 1 heterocycles. The lowest BCUT2D eigenvalue weighted by Crippen LogP contribution is -2.60. The molecule has 0 aromatic carbocycles. The number of nitrogens with two attached hydrogens (primary N) is 3. The van der Waals surface area contributed by atoms with E-state index in [0.717, 1.165) is 11.8 Å². The third kappa shape index (κ3) is 16.9. The lowest BCUT2D eigenvalue weighted by Gasteiger charge is -2.28. The molecule has 3 fully saturated rings. The summed E-state index contributed by atoms with van der Waals surface area (Å²) in [4.78, 5) is 143. The first-order chi connectivity index (χ1) is 32.4. The molecule has 0 aromatic heterocycles. The summed E-state index contributed by atoms with van der Waals surface area (Å²) in [7, 11) is 0. The van der Waals surface area contributed by atoms with Crippen molar-refractivity contribution in [3.05, 3.63) is 31.1 Å². The minimum atomic E-state index is -1.64. The molecule has 0 aromatic rings. The van der Waals surface area contributed by atoms with Crippen LogP contribution in [0.15, 0.2) is 0 Å². The van der Waals surface area contributed by atoms with Crippen molar-refractivity contribution in [2.75, 3.05) is 19.6 Å². The highest BCUT2D eigenvalue weighted by Gasteiger charge is 2.46. The number of primary amides is 2. The predicted octanol–water partition coefficient (Wildman–Crippen LogP) is -4.50. The molecular weight excluding hydrogens is 901 g/mol. The van der Waals surface area contributed by atoms with E-state index in [1.807, 2.05) is 19.3 Å². The molecule has 24 nitrogen and oxygen atoms in total. The van der Waals surface area contributed by atoms with Gasteiger partial charge in [0.2, 0.25) is 65.0 Å². The number of carbonyl (C=O) groups is 11. The molecule has 2 saturated carbocycles. The Morgan fingerprint density at radius 2 is 1.29 bits per heavy atom. The van der Waals surface area contributed by atoms with Gasteiger partial charge in [-0.2, -0.15) is 0 Å². The van der Waals surface area contributed by atoms with Crippen LogP contribution in [0.3, 0.4) is 0 Å². The van der Waals surface area contributed by atoms with Crippen LogP contribution in [0.4, 0.5) is 0 Å². The number of hydrogen-bond donors (Lipinski definition) is 12. The van der Waals surface area contributed by atoms with Gasteiger partial charge in [-0.1, -0.05) is 34.1 Å². The van der Waals surface area contributed by atoms with E-state index in [9.17, 15) is 57.8 Å². The van der Waals surface area contributed by atoms with Crippen molar-refractivity contribution in [3.8, 4) is 0 Å². The monoisotopic (exact) mass is 972 g/mol. The van der Waals surface area contributed by atoms with Gasteiger partial charge < -0.3 is 69.7 Å². The first-order valence-electron chi connectivity index (χ1n) is 23.3. The van der Waals surface area contributed by atoms with Gasteiger partial charge in [-0.15, -0.1) is 0 Å². The third-order valence-corrected chi connectivity index (χ3v) is 12.4. The fourth-order valence-electron chi connectivity index (χ4n) is 8.19. The maximum absolute atomic E-state index is 13.5. The van der Waals surface area contributed by atoms with E-state index < -0.39 is 138 Å². The highest BCUT2D eigenvalue weighted by molar-refractivity contribution is 5.97. The van der Waals surface area contributed by atoms with Crippen molar-refractivity contribution < 1.29 is 57.8 Å². The second-order valence-electron chi connectivity index (χ2n) is 18.2. The average Bonchev–Trinajstić information content (AvgIpc) is 4.04. The molecule has 3 rings (SSSR count). The van der Waals surface area contributed by atoms with Gasteiger partial charge >= 0.3 is 0 Å². The normalized spacial score (nSPS) is 21.5. The lowest BCUT2D eigenvalue weighted by molar-refractivity contribution is -0.140. The summed E-state index contributed by atoms with van der Waals surface area (Å²) in [5, 5.41) is 30.4. The Morgan fingerprint density at radius 1 is 0.696 bits per heavy atom. The first kappa shape index (κ1) is 57.4. The molecule has 11 amide bonds. The number of aliphatic hydroxyl groups is 1. The minimum absolute atomic E-state index is 0.00344. The van der Waals surface area contributed by atoms with Crippen molar-refractivity contribution in [2.24, 2.45) is 35.0 Å². The summed E-state index contributed by atoms with van der Waals surface area (Å²) in [5.41, 5.74) is 16.9. The molecule has 383 valence electrons. The first-order valence-corrected chi connectivity index (χ1v) is 23.3. The smallest absolute Gasteiger partial charge is 0.245 e. The molecule has 0 spiro atoms. The van der Waals surface area contributed by atoms with E-state index in [2.05, 4.69) is 42.5 Å². The molecule has 5 radical (unpaired) electrons. The second kappa shape index (κ2) is 26.7. The van der Waals surface area contributed by atoms with Crippen molar-refractivity contribution in [3.63, 3.8) is 0 Å². The van der Waals surface area contributed by atoms with Crippen LogP contribution < -0.4 is 59.7 Å². The number of likely N-dealkylation sites (tertiary alicyclic amines) is 1. The molecule has 3 aliphatic rings. The molecule has 0 unspecified atom stereocenters. The molecule has 11 atom stereocenters. The van der Waals surface area contributed by atoms with E-state index in [0.29, 0.717) is 32.2 Å². The van der Waals surface area contributed by atoms with Gasteiger partial charge in [0.15, 0.2) is 0 Å². The minimum Gasteiger partial charge on any atom is -0.391 e. The largest absolute Gasteiger partial charge is 0.391 e. The average molecular weight is 972 g/mol. The maximum Gasteiger partial charge on any atom is 0.245 e. The van der Waals surface area contributed by atoms with Gasteiger partial charge in [0.05, 0.1) is 19.2 Å². The Labute approximate surface area is 403 Å². The molecule has 2 aliphatic carbocycles. The summed E-state index contributed by atoms with van der Waals surface area (Å²) < 4.78 is 0. The molecule has 24 heteroatoms. The Hall–Kier alpha value is -5.91. The summed E-state index contributed by atoms with van der Waals surface area (Å²) >= 11 is 0. The Morgan fingerprint density at radius 3 is 1.87 bits per heavy atom. The van der Waals surface area contributed by atoms with Gasteiger partial charge in [0.25, 0.3) is 0 Å². The summed E-state index contributed by atoms with van der Waals surface area (Å²) in [5.74, 6) is -7.40. The highest BCUT2D eigenvalue weighted by Crippen LogP contribution is 2.49. The second-order valence-corrected chi connectivity index (χ2v) is 18.2. The van der Waals surface area contributed by atoms with Crippen LogP contribution >= 0.6 is 0 Å². The van der Waals surface area contributed by atoms with Crippen molar-refractivity contribution >= 4 is 65.0 Å². The maximum atomic E-state index is 13.5. The standard InChI is InChI=1S/C45H71N12O12/c1-8-22(4)37(43(67)50-20-35(62)54-36(21(2)3)42(66)49-19-34(61)51-24(6)45(69)57-16-10-13-31(57)39(48)63)55-40(64)23(5)52-44(68)38(25(7)58)56-41(65)30(14-15-32(47)59)53-33(60)18-26-17-29(46)28-12-9-11-27(26)28/h9,11-12,21-26,29-31,36-38,58H,8,10,13-20,46H2,1-7H3,(H2,47,59)(H2,48,63)(H,49,66)(H,50,67)(H,51,61)(H,52,68)(H,53,60)(H,54,62)(H,55,64)(H,56,65)/t22-,23-,24-,25+,26+,29+,30-,31-,36-,37-,38-/m0/s1. The third-order valence-electron chi connectivity index (χ3n) is 12.4. The van der Waals surface area contributed by atoms with E-state index in [1.165, 1.54) is 25.7 Å². The fraction of sp³-hybridized carbons (Fsp3) is 0.644. The quantitative estimate of drug-likeness (QED) is 0.0390. The number of nitrogens with one attached hydrogen (secondary N) is 8. The van der Waals surface area contributed by atoms with Crippen LogP contribution in [0.5, 0.6) is 0 Å². The number of fused-ring (bicyclic) bond motifs is 1. The van der Waals surface area contributed by atoms with Crippen LogP contribution in [0.1, 0.15) is 93.4 Å². The van der Waals surface area contributed by atoms with Crippen LogP contribution in [-0.4, -0.2) is 149 Å². The SMILES string of the molecule is CC[C@H](C)[C@H](NC(=O)[C@H](C)NC(=O)[C@@H](NC(=O)[C@H](CCC(N)=O)NC(=O)C[C@H]1C[C@@H](N)[C]2[CH][CH][CH][C]21)[C@@H](C)O)C(=O)NCC(=O)N[C@H](C(=O)NCC(=O)N[C@@H](C)C(=O)N1CCC[C@H]1C(N)=O)C(C)C. The van der Waals surface area contributed by atoms with Gasteiger partial charge in [-0.3, -0.25) is 52.7 Å². The van der Waals surface area contributed by atoms with Crippen LogP contribution in [0.25, 0.3) is 0 Å². The molecule has 69 heavy (non-hydrogen) atoms. The fourth-order valence-corrected chi connectivity index (χ4v) is 8.19. The van der Waals surface area contributed by atoms with Gasteiger partial charge in [-0.25, -0.2) is 0 Å².